The van der Waals surface area contributed by atoms with Crippen LogP contribution in [0.15, 0.2) is 48.5 Å². The number of carboxylic acids is 1. The van der Waals surface area contributed by atoms with Crippen molar-refractivity contribution >= 4 is 17.6 Å². The molecule has 0 unspecified atom stereocenters. The SMILES string of the molecule is C[C@@H]1[C@H](CN2CCCCCCC2)O[C@H](c2cccc(NC(=O)CCCC(=O)O)c2)O[C@@H]1c1ccc(CO)cc1. The van der Waals surface area contributed by atoms with Crippen molar-refractivity contribution < 1.29 is 29.3 Å². The van der Waals surface area contributed by atoms with Crippen molar-refractivity contribution in [1.82, 2.24) is 4.90 Å². The second-order valence-electron chi connectivity index (χ2n) is 10.8. The molecule has 0 spiro atoms. The van der Waals surface area contributed by atoms with E-state index < -0.39 is 12.3 Å². The van der Waals surface area contributed by atoms with Gasteiger partial charge in [0.05, 0.1) is 18.8 Å². The first-order valence-corrected chi connectivity index (χ1v) is 14.3. The van der Waals surface area contributed by atoms with Crippen LogP contribution < -0.4 is 5.32 Å². The summed E-state index contributed by atoms with van der Waals surface area (Å²) in [6.45, 7) is 5.18. The van der Waals surface area contributed by atoms with Crippen LogP contribution >= 0.6 is 0 Å². The van der Waals surface area contributed by atoms with Gasteiger partial charge in [-0.1, -0.05) is 62.6 Å². The molecule has 2 aromatic rings. The Bertz CT molecular complexity index is 1070. The number of aliphatic hydroxyl groups excluding tert-OH is 1. The first-order chi connectivity index (χ1) is 18.9. The van der Waals surface area contributed by atoms with Gasteiger partial charge in [-0.25, -0.2) is 0 Å². The number of nitrogens with zero attached hydrogens (tertiary/aromatic N) is 1. The topological polar surface area (TPSA) is 108 Å². The largest absolute Gasteiger partial charge is 0.481 e. The number of aliphatic hydroxyl groups is 1. The van der Waals surface area contributed by atoms with Crippen LogP contribution in [-0.4, -0.2) is 52.7 Å². The van der Waals surface area contributed by atoms with Gasteiger partial charge >= 0.3 is 5.97 Å². The summed E-state index contributed by atoms with van der Waals surface area (Å²) >= 11 is 0. The van der Waals surface area contributed by atoms with Crippen molar-refractivity contribution in [3.8, 4) is 0 Å². The molecule has 2 aliphatic heterocycles. The summed E-state index contributed by atoms with van der Waals surface area (Å²) in [6, 6.07) is 15.4. The van der Waals surface area contributed by atoms with E-state index in [2.05, 4.69) is 17.1 Å². The summed E-state index contributed by atoms with van der Waals surface area (Å²) in [7, 11) is 0. The lowest BCUT2D eigenvalue weighted by Gasteiger charge is -2.43. The minimum Gasteiger partial charge on any atom is -0.481 e. The van der Waals surface area contributed by atoms with Crippen LogP contribution in [0.25, 0.3) is 0 Å². The number of amides is 1. The van der Waals surface area contributed by atoms with Crippen LogP contribution in [0.5, 0.6) is 0 Å². The van der Waals surface area contributed by atoms with Crippen molar-refractivity contribution in [3.05, 3.63) is 65.2 Å². The zero-order valence-corrected chi connectivity index (χ0v) is 22.9. The number of benzene rings is 2. The summed E-state index contributed by atoms with van der Waals surface area (Å²) in [5.74, 6) is -1.01. The third-order valence-corrected chi connectivity index (χ3v) is 7.75. The van der Waals surface area contributed by atoms with Crippen LogP contribution in [0.1, 0.15) is 87.4 Å². The van der Waals surface area contributed by atoms with Crippen LogP contribution in [0.2, 0.25) is 0 Å². The lowest BCUT2D eigenvalue weighted by Crippen LogP contribution is -2.45. The van der Waals surface area contributed by atoms with E-state index >= 15 is 0 Å². The quantitative estimate of drug-likeness (QED) is 0.370. The molecule has 0 bridgehead atoms. The highest BCUT2D eigenvalue weighted by Gasteiger charge is 2.39. The molecule has 2 aromatic carbocycles. The number of anilines is 1. The monoisotopic (exact) mass is 538 g/mol. The Hall–Kier alpha value is -2.78. The number of aliphatic carboxylic acids is 1. The van der Waals surface area contributed by atoms with Crippen molar-refractivity contribution in [2.75, 3.05) is 25.0 Å². The molecular formula is C31H42N2O6. The summed E-state index contributed by atoms with van der Waals surface area (Å²) in [5.41, 5.74) is 3.36. The maximum absolute atomic E-state index is 12.3. The van der Waals surface area contributed by atoms with Crippen LogP contribution in [0.3, 0.4) is 0 Å². The lowest BCUT2D eigenvalue weighted by molar-refractivity contribution is -0.276. The van der Waals surface area contributed by atoms with E-state index in [-0.39, 0.29) is 43.5 Å². The number of ether oxygens (including phenoxy) is 2. The summed E-state index contributed by atoms with van der Waals surface area (Å²) in [5, 5.41) is 21.2. The number of rotatable bonds is 10. The Balaban J connectivity index is 1.52. The third kappa shape index (κ3) is 8.60. The molecule has 2 aliphatic rings. The van der Waals surface area contributed by atoms with E-state index in [9.17, 15) is 14.7 Å². The van der Waals surface area contributed by atoms with E-state index in [0.717, 1.165) is 36.3 Å². The van der Waals surface area contributed by atoms with Crippen molar-refractivity contribution in [1.29, 1.82) is 0 Å². The molecule has 0 aromatic heterocycles. The van der Waals surface area contributed by atoms with Gasteiger partial charge in [-0.3, -0.25) is 9.59 Å². The van der Waals surface area contributed by atoms with Gasteiger partial charge in [0.1, 0.15) is 0 Å². The molecule has 4 rings (SSSR count). The van der Waals surface area contributed by atoms with Gasteiger partial charge in [0.2, 0.25) is 5.91 Å². The number of hydrogen-bond acceptors (Lipinski definition) is 6. The smallest absolute Gasteiger partial charge is 0.303 e. The average molecular weight is 539 g/mol. The molecule has 0 saturated carbocycles. The fourth-order valence-corrected chi connectivity index (χ4v) is 5.46. The zero-order valence-electron chi connectivity index (χ0n) is 22.9. The minimum atomic E-state index is -0.906. The molecule has 2 heterocycles. The molecule has 212 valence electrons. The Morgan fingerprint density at radius 1 is 0.949 bits per heavy atom. The van der Waals surface area contributed by atoms with Crippen LogP contribution in [0, 0.1) is 5.92 Å². The van der Waals surface area contributed by atoms with Gasteiger partial charge < -0.3 is 29.9 Å². The molecule has 8 heteroatoms. The van der Waals surface area contributed by atoms with Gasteiger partial charge in [-0.05, 0) is 55.6 Å². The van der Waals surface area contributed by atoms with Crippen molar-refractivity contribution in [2.45, 2.75) is 83.4 Å². The maximum Gasteiger partial charge on any atom is 0.303 e. The highest BCUT2D eigenvalue weighted by molar-refractivity contribution is 5.90. The number of nitrogens with one attached hydrogen (secondary N) is 1. The average Bonchev–Trinajstić information content (AvgIpc) is 2.91. The molecular weight excluding hydrogens is 496 g/mol. The van der Waals surface area contributed by atoms with E-state index in [1.54, 1.807) is 0 Å². The fraction of sp³-hybridized carbons (Fsp3) is 0.548. The predicted octanol–water partition coefficient (Wildman–Crippen LogP) is 5.43. The third-order valence-electron chi connectivity index (χ3n) is 7.75. The fourth-order valence-electron chi connectivity index (χ4n) is 5.46. The van der Waals surface area contributed by atoms with Gasteiger partial charge in [0, 0.05) is 36.6 Å². The summed E-state index contributed by atoms with van der Waals surface area (Å²) in [6.07, 6.45) is 5.86. The van der Waals surface area contributed by atoms with Crippen LogP contribution in [0.4, 0.5) is 5.69 Å². The Kier molecular flexibility index (Phi) is 10.9. The lowest BCUT2D eigenvalue weighted by atomic mass is 9.89. The maximum atomic E-state index is 12.3. The molecule has 2 saturated heterocycles. The highest BCUT2D eigenvalue weighted by Crippen LogP contribution is 2.42. The predicted molar refractivity (Wildman–Crippen MR) is 149 cm³/mol. The highest BCUT2D eigenvalue weighted by atomic mass is 16.7. The van der Waals surface area contributed by atoms with Gasteiger partial charge in [-0.15, -0.1) is 0 Å². The number of hydrogen-bond donors (Lipinski definition) is 3. The molecule has 0 radical (unpaired) electrons. The second kappa shape index (κ2) is 14.6. The molecule has 8 nitrogen and oxygen atoms in total. The van der Waals surface area contributed by atoms with E-state index in [0.29, 0.717) is 12.1 Å². The number of likely N-dealkylation sites (tertiary alicyclic amines) is 1. The Morgan fingerprint density at radius 2 is 1.67 bits per heavy atom. The standard InChI is InChI=1S/C31H42N2O6/c1-22-27(20-33-17-5-3-2-4-6-18-33)38-31(39-30(22)24-15-13-23(21-34)14-16-24)25-9-7-10-26(19-25)32-28(35)11-8-12-29(36)37/h7,9-10,13-16,19,22,27,30-31,34H,2-6,8,11-12,17-18,20-21H2,1H3,(H,32,35)(H,36,37)/t22-,27+,30+,31+/m1/s1. The Labute approximate surface area is 231 Å². The van der Waals surface area contributed by atoms with Gasteiger partial charge in [0.15, 0.2) is 6.29 Å². The molecule has 39 heavy (non-hydrogen) atoms. The molecule has 1 amide bonds. The van der Waals surface area contributed by atoms with Gasteiger partial charge in [0.25, 0.3) is 0 Å². The Morgan fingerprint density at radius 3 is 2.36 bits per heavy atom. The normalized spacial score (nSPS) is 24.5. The number of carbonyl (C=O) groups excluding carboxylic acids is 1. The zero-order chi connectivity index (χ0) is 27.6. The molecule has 2 fully saturated rings. The number of carboxylic acid groups (broad SMARTS) is 1. The first kappa shape index (κ1) is 29.2. The first-order valence-electron chi connectivity index (χ1n) is 14.3. The van der Waals surface area contributed by atoms with E-state index in [4.69, 9.17) is 14.6 Å². The van der Waals surface area contributed by atoms with E-state index in [1.807, 2.05) is 48.5 Å². The number of carbonyl (C=O) groups is 2. The summed E-state index contributed by atoms with van der Waals surface area (Å²) < 4.78 is 13.2. The summed E-state index contributed by atoms with van der Waals surface area (Å²) in [4.78, 5) is 25.6. The van der Waals surface area contributed by atoms with E-state index in [1.165, 1.54) is 32.1 Å². The van der Waals surface area contributed by atoms with Crippen molar-refractivity contribution in [3.63, 3.8) is 0 Å². The van der Waals surface area contributed by atoms with Crippen LogP contribution in [-0.2, 0) is 25.7 Å². The van der Waals surface area contributed by atoms with Crippen molar-refractivity contribution in [2.24, 2.45) is 5.92 Å². The molecule has 4 atom stereocenters. The second-order valence-corrected chi connectivity index (χ2v) is 10.8. The van der Waals surface area contributed by atoms with Gasteiger partial charge in [-0.2, -0.15) is 0 Å². The minimum absolute atomic E-state index is 0.000498. The molecule has 0 aliphatic carbocycles. The molecule has 3 N–H and O–H groups in total.